The van der Waals surface area contributed by atoms with E-state index in [0.29, 0.717) is 25.7 Å². The Hall–Kier alpha value is -2.46. The van der Waals surface area contributed by atoms with E-state index < -0.39 is 97.5 Å². The molecule has 3 unspecified atom stereocenters. The Balaban J connectivity index is 5.30. The predicted octanol–water partition coefficient (Wildman–Crippen LogP) is 20.3. The number of rotatable bonds is 69. The van der Waals surface area contributed by atoms with Crippen molar-refractivity contribution in [1.82, 2.24) is 0 Å². The molecule has 0 heterocycles. The number of phosphoric ester groups is 2. The molecular formula is C72H136O17P2. The lowest BCUT2D eigenvalue weighted by atomic mass is 9.99. The summed E-state index contributed by atoms with van der Waals surface area (Å²) in [6.07, 6.45) is 52.0. The molecule has 0 aliphatic rings. The molecule has 0 saturated carbocycles. The molecule has 536 valence electrons. The maximum absolute atomic E-state index is 13.0. The molecule has 19 heteroatoms. The first-order chi connectivity index (χ1) is 43.9. The lowest BCUT2D eigenvalue weighted by Gasteiger charge is -2.21. The highest BCUT2D eigenvalue weighted by atomic mass is 31.2. The summed E-state index contributed by atoms with van der Waals surface area (Å²) in [6, 6.07) is 0. The first-order valence-corrected chi connectivity index (χ1v) is 39.8. The number of hydrogen-bond donors (Lipinski definition) is 3. The van der Waals surface area contributed by atoms with Crippen molar-refractivity contribution in [1.29, 1.82) is 0 Å². The fourth-order valence-corrected chi connectivity index (χ4v) is 12.0. The van der Waals surface area contributed by atoms with Gasteiger partial charge in [-0.25, -0.2) is 9.13 Å². The van der Waals surface area contributed by atoms with Crippen molar-refractivity contribution in [2.24, 2.45) is 11.8 Å². The fraction of sp³-hybridized carbons (Fsp3) is 0.889. The van der Waals surface area contributed by atoms with Gasteiger partial charge in [0.15, 0.2) is 12.2 Å². The number of carbonyl (C=O) groups is 4. The molecule has 3 N–H and O–H groups in total. The minimum atomic E-state index is -4.96. The van der Waals surface area contributed by atoms with Crippen molar-refractivity contribution in [3.8, 4) is 0 Å². The molecule has 0 saturated heterocycles. The molecular weight excluding hydrogens is 1200 g/mol. The standard InChI is InChI=1S/C72H136O17P2/c1-7-10-12-14-16-18-20-21-22-23-26-31-38-44-50-56-71(76)88-67(60-83-70(75)55-49-43-37-30-27-24-25-28-34-40-46-52-64(4)5)62-86-90(78,79)84-58-66(73)59-85-91(80,81)87-63-68(61-82-69(74)54-48-42-36-29-19-17-15-13-11-8-2)89-72(77)57-51-45-39-33-32-35-41-47-53-65(6)9-3/h18,20-22,64-68,73H,7-17,19,23-63H2,1-6H3,(H,78,79)(H,80,81)/b20-18-,22-21-/t65?,66-,67-,68-/m1/s1. The molecule has 0 aromatic carbocycles. The SMILES string of the molecule is CCCCCC/C=C\C=C/CCCCCCCC(=O)O[C@H](COC(=O)CCCCCCCCCCCCCC(C)C)COP(=O)(O)OC[C@@H](O)COP(=O)(O)OC[C@@H](COC(=O)CCCCCCCCCCCC)OC(=O)CCCCCCCCCCC(C)CC. The van der Waals surface area contributed by atoms with Crippen LogP contribution in [0.15, 0.2) is 24.3 Å². The van der Waals surface area contributed by atoms with E-state index in [-0.39, 0.29) is 25.7 Å². The van der Waals surface area contributed by atoms with Gasteiger partial charge in [0.2, 0.25) is 0 Å². The normalized spacial score (nSPS) is 14.6. The first kappa shape index (κ1) is 88.5. The summed E-state index contributed by atoms with van der Waals surface area (Å²) in [5, 5.41) is 10.6. The van der Waals surface area contributed by atoms with Crippen molar-refractivity contribution in [2.45, 2.75) is 362 Å². The molecule has 91 heavy (non-hydrogen) atoms. The number of aliphatic hydroxyl groups excluding tert-OH is 1. The predicted molar refractivity (Wildman–Crippen MR) is 367 cm³/mol. The first-order valence-electron chi connectivity index (χ1n) is 36.8. The van der Waals surface area contributed by atoms with Crippen LogP contribution in [0.3, 0.4) is 0 Å². The van der Waals surface area contributed by atoms with Gasteiger partial charge in [-0.3, -0.25) is 37.3 Å². The number of ether oxygens (including phenoxy) is 4. The largest absolute Gasteiger partial charge is 0.472 e. The highest BCUT2D eigenvalue weighted by Crippen LogP contribution is 2.45. The van der Waals surface area contributed by atoms with E-state index in [4.69, 9.17) is 37.0 Å². The zero-order valence-electron chi connectivity index (χ0n) is 58.6. The Bertz CT molecular complexity index is 1860. The van der Waals surface area contributed by atoms with E-state index in [1.54, 1.807) is 0 Å². The highest BCUT2D eigenvalue weighted by Gasteiger charge is 2.30. The van der Waals surface area contributed by atoms with Crippen LogP contribution in [0.2, 0.25) is 0 Å². The Labute approximate surface area is 554 Å². The lowest BCUT2D eigenvalue weighted by molar-refractivity contribution is -0.161. The van der Waals surface area contributed by atoms with Gasteiger partial charge in [-0.2, -0.15) is 0 Å². The van der Waals surface area contributed by atoms with Crippen LogP contribution in [0.5, 0.6) is 0 Å². The molecule has 0 rings (SSSR count). The van der Waals surface area contributed by atoms with Crippen LogP contribution in [-0.4, -0.2) is 96.7 Å². The second kappa shape index (κ2) is 63.6. The second-order valence-electron chi connectivity index (χ2n) is 26.0. The van der Waals surface area contributed by atoms with Crippen molar-refractivity contribution >= 4 is 39.5 Å². The number of unbranched alkanes of at least 4 members (excludes halogenated alkanes) is 35. The topological polar surface area (TPSA) is 237 Å². The van der Waals surface area contributed by atoms with Crippen LogP contribution in [-0.2, 0) is 65.4 Å². The molecule has 0 bridgehead atoms. The molecule has 0 amide bonds. The van der Waals surface area contributed by atoms with Gasteiger partial charge in [-0.15, -0.1) is 0 Å². The molecule has 0 aromatic rings. The Morgan fingerprint density at radius 1 is 0.363 bits per heavy atom. The van der Waals surface area contributed by atoms with Crippen LogP contribution in [0.25, 0.3) is 0 Å². The number of esters is 4. The van der Waals surface area contributed by atoms with Crippen molar-refractivity contribution in [3.05, 3.63) is 24.3 Å². The number of aliphatic hydroxyl groups is 1. The van der Waals surface area contributed by atoms with Crippen LogP contribution >= 0.6 is 15.6 Å². The van der Waals surface area contributed by atoms with E-state index in [1.807, 2.05) is 0 Å². The Kier molecular flexibility index (Phi) is 61.9. The van der Waals surface area contributed by atoms with Crippen LogP contribution in [0.1, 0.15) is 343 Å². The molecule has 0 aliphatic heterocycles. The summed E-state index contributed by atoms with van der Waals surface area (Å²) in [4.78, 5) is 72.6. The molecule has 17 nitrogen and oxygen atoms in total. The van der Waals surface area contributed by atoms with Gasteiger partial charge < -0.3 is 33.8 Å². The maximum atomic E-state index is 13.0. The fourth-order valence-electron chi connectivity index (χ4n) is 10.4. The monoisotopic (exact) mass is 1330 g/mol. The number of carbonyl (C=O) groups excluding carboxylic acids is 4. The summed E-state index contributed by atoms with van der Waals surface area (Å²) in [6.45, 7) is 9.48. The van der Waals surface area contributed by atoms with Gasteiger partial charge >= 0.3 is 39.5 Å². The Morgan fingerprint density at radius 2 is 0.648 bits per heavy atom. The average Bonchev–Trinajstić information content (AvgIpc) is 2.28. The van der Waals surface area contributed by atoms with Gasteiger partial charge in [0.05, 0.1) is 26.4 Å². The number of hydrogen-bond acceptors (Lipinski definition) is 15. The van der Waals surface area contributed by atoms with Gasteiger partial charge in [-0.1, -0.05) is 291 Å². The van der Waals surface area contributed by atoms with E-state index in [9.17, 15) is 43.2 Å². The summed E-state index contributed by atoms with van der Waals surface area (Å²) in [5.41, 5.74) is 0. The second-order valence-corrected chi connectivity index (χ2v) is 28.9. The molecule has 0 aromatic heterocycles. The van der Waals surface area contributed by atoms with E-state index in [0.717, 1.165) is 115 Å². The molecule has 0 aliphatic carbocycles. The van der Waals surface area contributed by atoms with Crippen LogP contribution in [0.4, 0.5) is 0 Å². The zero-order valence-corrected chi connectivity index (χ0v) is 60.4. The highest BCUT2D eigenvalue weighted by molar-refractivity contribution is 7.47. The summed E-state index contributed by atoms with van der Waals surface area (Å²) in [7, 11) is -9.92. The third-order valence-electron chi connectivity index (χ3n) is 16.4. The van der Waals surface area contributed by atoms with Gasteiger partial charge in [-0.05, 0) is 63.2 Å². The molecule has 0 radical (unpaired) electrons. The summed E-state index contributed by atoms with van der Waals surface area (Å²) >= 11 is 0. The summed E-state index contributed by atoms with van der Waals surface area (Å²) in [5.74, 6) is -0.617. The third-order valence-corrected chi connectivity index (χ3v) is 18.3. The smallest absolute Gasteiger partial charge is 0.462 e. The van der Waals surface area contributed by atoms with Crippen molar-refractivity contribution in [3.63, 3.8) is 0 Å². The number of allylic oxidation sites excluding steroid dienone is 4. The van der Waals surface area contributed by atoms with Crippen molar-refractivity contribution < 1.29 is 80.2 Å². The molecule has 0 fully saturated rings. The number of phosphoric acid groups is 2. The van der Waals surface area contributed by atoms with Gasteiger partial charge in [0.25, 0.3) is 0 Å². The minimum Gasteiger partial charge on any atom is -0.462 e. The van der Waals surface area contributed by atoms with Crippen LogP contribution in [0, 0.1) is 11.8 Å². The minimum absolute atomic E-state index is 0.0848. The van der Waals surface area contributed by atoms with E-state index in [1.165, 1.54) is 148 Å². The molecule has 0 spiro atoms. The van der Waals surface area contributed by atoms with Crippen LogP contribution < -0.4 is 0 Å². The Morgan fingerprint density at radius 3 is 0.989 bits per heavy atom. The van der Waals surface area contributed by atoms with Gasteiger partial charge in [0, 0.05) is 25.7 Å². The van der Waals surface area contributed by atoms with E-state index >= 15 is 0 Å². The quantitative estimate of drug-likeness (QED) is 0.0169. The lowest BCUT2D eigenvalue weighted by Crippen LogP contribution is -2.30. The van der Waals surface area contributed by atoms with E-state index in [2.05, 4.69) is 65.8 Å². The molecule has 6 atom stereocenters. The zero-order chi connectivity index (χ0) is 67.2. The van der Waals surface area contributed by atoms with Crippen molar-refractivity contribution in [2.75, 3.05) is 39.6 Å². The summed E-state index contributed by atoms with van der Waals surface area (Å²) < 4.78 is 68.3. The third kappa shape index (κ3) is 64.6. The average molecular weight is 1340 g/mol. The van der Waals surface area contributed by atoms with Gasteiger partial charge in [0.1, 0.15) is 19.3 Å². The maximum Gasteiger partial charge on any atom is 0.472 e.